The van der Waals surface area contributed by atoms with Crippen LogP contribution in [0.2, 0.25) is 0 Å². The first kappa shape index (κ1) is 14.2. The van der Waals surface area contributed by atoms with E-state index in [1.54, 1.807) is 7.11 Å². The van der Waals surface area contributed by atoms with Gasteiger partial charge in [0, 0.05) is 32.3 Å². The third-order valence-electron chi connectivity index (χ3n) is 3.38. The minimum atomic E-state index is 0.379. The first-order chi connectivity index (χ1) is 9.19. The standard InChI is InChI=1S/C14H20N2O2S/c1-17-13-6-7-16(10-13)8-9-18-12-4-2-11(3-5-12)14(15)19/h2-5,13H,6-10H2,1H3,(H2,15,19). The molecule has 1 heterocycles. The van der Waals surface area contributed by atoms with Crippen molar-refractivity contribution >= 4 is 17.2 Å². The molecular formula is C14H20N2O2S. The summed E-state index contributed by atoms with van der Waals surface area (Å²) in [5.41, 5.74) is 6.41. The van der Waals surface area contributed by atoms with Crippen molar-refractivity contribution in [3.8, 4) is 5.75 Å². The van der Waals surface area contributed by atoms with Gasteiger partial charge in [-0.2, -0.15) is 0 Å². The second-order valence-electron chi connectivity index (χ2n) is 4.68. The van der Waals surface area contributed by atoms with Gasteiger partial charge in [0.1, 0.15) is 17.3 Å². The molecule has 0 radical (unpaired) electrons. The monoisotopic (exact) mass is 280 g/mol. The van der Waals surface area contributed by atoms with Crippen LogP contribution in [0.15, 0.2) is 24.3 Å². The van der Waals surface area contributed by atoms with E-state index in [2.05, 4.69) is 4.90 Å². The summed E-state index contributed by atoms with van der Waals surface area (Å²) in [6, 6.07) is 7.57. The molecule has 2 rings (SSSR count). The van der Waals surface area contributed by atoms with Crippen molar-refractivity contribution in [3.05, 3.63) is 29.8 Å². The van der Waals surface area contributed by atoms with Crippen molar-refractivity contribution in [1.29, 1.82) is 0 Å². The third-order valence-corrected chi connectivity index (χ3v) is 3.61. The maximum Gasteiger partial charge on any atom is 0.119 e. The van der Waals surface area contributed by atoms with Gasteiger partial charge in [-0.15, -0.1) is 0 Å². The van der Waals surface area contributed by atoms with E-state index in [1.165, 1.54) is 0 Å². The Balaban J connectivity index is 1.72. The number of rotatable bonds is 6. The first-order valence-corrected chi connectivity index (χ1v) is 6.87. The number of methoxy groups -OCH3 is 1. The van der Waals surface area contributed by atoms with Crippen LogP contribution in [-0.4, -0.2) is 49.3 Å². The van der Waals surface area contributed by atoms with Crippen LogP contribution in [0.3, 0.4) is 0 Å². The van der Waals surface area contributed by atoms with E-state index >= 15 is 0 Å². The SMILES string of the molecule is COC1CCN(CCOc2ccc(C(N)=S)cc2)C1. The first-order valence-electron chi connectivity index (χ1n) is 6.47. The van der Waals surface area contributed by atoms with Gasteiger partial charge in [-0.25, -0.2) is 0 Å². The molecule has 4 nitrogen and oxygen atoms in total. The van der Waals surface area contributed by atoms with Crippen molar-refractivity contribution in [2.75, 3.05) is 33.4 Å². The Hall–Kier alpha value is -1.17. The number of likely N-dealkylation sites (tertiary alicyclic amines) is 1. The smallest absolute Gasteiger partial charge is 0.119 e. The van der Waals surface area contributed by atoms with Gasteiger partial charge in [0.25, 0.3) is 0 Å². The molecule has 1 atom stereocenters. The van der Waals surface area contributed by atoms with Crippen LogP contribution in [-0.2, 0) is 4.74 Å². The zero-order valence-electron chi connectivity index (χ0n) is 11.2. The third kappa shape index (κ3) is 4.16. The number of ether oxygens (including phenoxy) is 2. The molecule has 19 heavy (non-hydrogen) atoms. The Morgan fingerprint density at radius 2 is 2.16 bits per heavy atom. The lowest BCUT2D eigenvalue weighted by Crippen LogP contribution is -2.27. The summed E-state index contributed by atoms with van der Waals surface area (Å²) in [4.78, 5) is 2.77. The molecule has 0 saturated carbocycles. The number of benzene rings is 1. The Labute approximate surface area is 119 Å². The highest BCUT2D eigenvalue weighted by Gasteiger charge is 2.21. The van der Waals surface area contributed by atoms with Crippen LogP contribution in [0.25, 0.3) is 0 Å². The van der Waals surface area contributed by atoms with E-state index in [-0.39, 0.29) is 0 Å². The van der Waals surface area contributed by atoms with Crippen molar-refractivity contribution in [1.82, 2.24) is 4.90 Å². The number of hydrogen-bond donors (Lipinski definition) is 1. The van der Waals surface area contributed by atoms with Gasteiger partial charge < -0.3 is 15.2 Å². The molecular weight excluding hydrogens is 260 g/mol. The fraction of sp³-hybridized carbons (Fsp3) is 0.500. The Morgan fingerprint density at radius 3 is 2.74 bits per heavy atom. The summed E-state index contributed by atoms with van der Waals surface area (Å²) in [5, 5.41) is 0. The fourth-order valence-corrected chi connectivity index (χ4v) is 2.34. The molecule has 0 spiro atoms. The normalized spacial score (nSPS) is 19.5. The summed E-state index contributed by atoms with van der Waals surface area (Å²) in [5.74, 6) is 0.850. The summed E-state index contributed by atoms with van der Waals surface area (Å²) in [6.45, 7) is 3.70. The van der Waals surface area contributed by atoms with Crippen LogP contribution < -0.4 is 10.5 Å². The molecule has 0 bridgehead atoms. The molecule has 1 aromatic carbocycles. The van der Waals surface area contributed by atoms with Crippen molar-refractivity contribution in [3.63, 3.8) is 0 Å². The number of nitrogens with zero attached hydrogens (tertiary/aromatic N) is 1. The molecule has 2 N–H and O–H groups in total. The average molecular weight is 280 g/mol. The highest BCUT2D eigenvalue weighted by atomic mass is 32.1. The summed E-state index contributed by atoms with van der Waals surface area (Å²) in [6.07, 6.45) is 1.49. The highest BCUT2D eigenvalue weighted by Crippen LogP contribution is 2.14. The molecule has 0 aromatic heterocycles. The average Bonchev–Trinajstić information content (AvgIpc) is 2.87. The fourth-order valence-electron chi connectivity index (χ4n) is 2.20. The maximum atomic E-state index is 5.70. The zero-order valence-corrected chi connectivity index (χ0v) is 12.0. The largest absolute Gasteiger partial charge is 0.492 e. The van der Waals surface area contributed by atoms with Crippen LogP contribution in [0.5, 0.6) is 5.75 Å². The maximum absolute atomic E-state index is 5.70. The van der Waals surface area contributed by atoms with Gasteiger partial charge in [0.2, 0.25) is 0 Å². The lowest BCUT2D eigenvalue weighted by Gasteiger charge is -2.16. The van der Waals surface area contributed by atoms with Gasteiger partial charge in [0.05, 0.1) is 6.10 Å². The molecule has 104 valence electrons. The Bertz CT molecular complexity index is 422. The van der Waals surface area contributed by atoms with Crippen LogP contribution in [0.1, 0.15) is 12.0 Å². The molecule has 1 unspecified atom stereocenters. The van der Waals surface area contributed by atoms with Gasteiger partial charge in [-0.3, -0.25) is 4.90 Å². The Morgan fingerprint density at radius 1 is 1.42 bits per heavy atom. The molecule has 1 fully saturated rings. The molecule has 0 amide bonds. The van der Waals surface area contributed by atoms with Gasteiger partial charge in [-0.1, -0.05) is 12.2 Å². The van der Waals surface area contributed by atoms with Gasteiger partial charge in [0.15, 0.2) is 0 Å². The van der Waals surface area contributed by atoms with Crippen molar-refractivity contribution < 1.29 is 9.47 Å². The summed E-state index contributed by atoms with van der Waals surface area (Å²) < 4.78 is 11.0. The number of thiocarbonyl (C=S) groups is 1. The van der Waals surface area contributed by atoms with Crippen LogP contribution in [0, 0.1) is 0 Å². The van der Waals surface area contributed by atoms with Gasteiger partial charge >= 0.3 is 0 Å². The summed E-state index contributed by atoms with van der Waals surface area (Å²) >= 11 is 4.91. The zero-order chi connectivity index (χ0) is 13.7. The van der Waals surface area contributed by atoms with Crippen LogP contribution >= 0.6 is 12.2 Å². The molecule has 1 aromatic rings. The second-order valence-corrected chi connectivity index (χ2v) is 5.12. The van der Waals surface area contributed by atoms with Gasteiger partial charge in [-0.05, 0) is 30.7 Å². The second kappa shape index (κ2) is 6.84. The lowest BCUT2D eigenvalue weighted by molar-refractivity contribution is 0.106. The van der Waals surface area contributed by atoms with Crippen molar-refractivity contribution in [2.24, 2.45) is 5.73 Å². The minimum absolute atomic E-state index is 0.379. The van der Waals surface area contributed by atoms with E-state index in [1.807, 2.05) is 24.3 Å². The number of hydrogen-bond acceptors (Lipinski definition) is 4. The highest BCUT2D eigenvalue weighted by molar-refractivity contribution is 7.80. The van der Waals surface area contributed by atoms with Crippen molar-refractivity contribution in [2.45, 2.75) is 12.5 Å². The number of nitrogens with two attached hydrogens (primary N) is 1. The molecule has 5 heteroatoms. The predicted octanol–water partition coefficient (Wildman–Crippen LogP) is 1.42. The minimum Gasteiger partial charge on any atom is -0.492 e. The topological polar surface area (TPSA) is 47.7 Å². The lowest BCUT2D eigenvalue weighted by atomic mass is 10.2. The summed E-state index contributed by atoms with van der Waals surface area (Å²) in [7, 11) is 1.77. The predicted molar refractivity (Wildman–Crippen MR) is 79.7 cm³/mol. The van der Waals surface area contributed by atoms with E-state index in [4.69, 9.17) is 27.4 Å². The quantitative estimate of drug-likeness (QED) is 0.799. The molecule has 1 aliphatic rings. The molecule has 1 aliphatic heterocycles. The van der Waals surface area contributed by atoms with E-state index in [0.29, 0.717) is 17.7 Å². The van der Waals surface area contributed by atoms with E-state index < -0.39 is 0 Å². The van der Waals surface area contributed by atoms with E-state index in [0.717, 1.165) is 37.4 Å². The van der Waals surface area contributed by atoms with E-state index in [9.17, 15) is 0 Å². The molecule has 0 aliphatic carbocycles. The Kier molecular flexibility index (Phi) is 5.13. The molecule has 1 saturated heterocycles. The van der Waals surface area contributed by atoms with Crippen LogP contribution in [0.4, 0.5) is 0 Å².